The van der Waals surface area contributed by atoms with Gasteiger partial charge in [-0.2, -0.15) is 0 Å². The molecule has 4 N–H and O–H groups in total. The van der Waals surface area contributed by atoms with Gasteiger partial charge in [-0.3, -0.25) is 9.59 Å². The number of hydrogen-bond donors (Lipinski definition) is 3. The number of nitrogens with two attached hydrogens (primary N) is 1. The van der Waals surface area contributed by atoms with Crippen LogP contribution in [-0.4, -0.2) is 18.4 Å². The van der Waals surface area contributed by atoms with E-state index >= 15 is 0 Å². The first-order valence-corrected chi connectivity index (χ1v) is 6.56. The van der Waals surface area contributed by atoms with Crippen LogP contribution in [0.25, 0.3) is 0 Å². The molecule has 0 atom stereocenters. The number of primary amides is 1. The van der Waals surface area contributed by atoms with Gasteiger partial charge < -0.3 is 16.4 Å². The Morgan fingerprint density at radius 2 is 1.76 bits per heavy atom. The third kappa shape index (κ3) is 3.82. The van der Waals surface area contributed by atoms with Gasteiger partial charge in [0.2, 0.25) is 5.91 Å². The smallest absolute Gasteiger partial charge is 0.251 e. The fourth-order valence-electron chi connectivity index (χ4n) is 2.04. The van der Waals surface area contributed by atoms with Crippen molar-refractivity contribution in [1.82, 2.24) is 0 Å². The first kappa shape index (κ1) is 14.6. The molecule has 2 aromatic carbocycles. The third-order valence-electron chi connectivity index (χ3n) is 3.02. The minimum absolute atomic E-state index is 0.0542. The van der Waals surface area contributed by atoms with E-state index in [2.05, 4.69) is 10.6 Å². The minimum Gasteiger partial charge on any atom is -0.375 e. The van der Waals surface area contributed by atoms with E-state index in [1.165, 1.54) is 0 Å². The van der Waals surface area contributed by atoms with Gasteiger partial charge in [-0.1, -0.05) is 30.3 Å². The van der Waals surface area contributed by atoms with Crippen LogP contribution >= 0.6 is 0 Å². The molecule has 5 nitrogen and oxygen atoms in total. The lowest BCUT2D eigenvalue weighted by atomic mass is 10.1. The lowest BCUT2D eigenvalue weighted by Gasteiger charge is -2.12. The average molecular weight is 283 g/mol. The number of carbonyl (C=O) groups is 2. The van der Waals surface area contributed by atoms with Gasteiger partial charge in [-0.25, -0.2) is 0 Å². The van der Waals surface area contributed by atoms with Crippen LogP contribution < -0.4 is 16.4 Å². The second-order valence-corrected chi connectivity index (χ2v) is 4.63. The van der Waals surface area contributed by atoms with Crippen LogP contribution in [-0.2, 0) is 4.79 Å². The maximum absolute atomic E-state index is 11.9. The number of para-hydroxylation sites is 1. The van der Waals surface area contributed by atoms with E-state index in [-0.39, 0.29) is 12.5 Å². The van der Waals surface area contributed by atoms with Crippen LogP contribution in [0.2, 0.25) is 0 Å². The highest BCUT2D eigenvalue weighted by Gasteiger charge is 2.11. The maximum atomic E-state index is 11.9. The zero-order valence-corrected chi connectivity index (χ0v) is 11.7. The SMILES string of the molecule is Cc1cccc(NCC(=O)Nc2ccccc2)c1C(N)=O. The van der Waals surface area contributed by atoms with Crippen molar-refractivity contribution in [3.8, 4) is 0 Å². The first-order chi connectivity index (χ1) is 10.1. The molecule has 21 heavy (non-hydrogen) atoms. The summed E-state index contributed by atoms with van der Waals surface area (Å²) in [5.41, 5.74) is 7.83. The van der Waals surface area contributed by atoms with E-state index in [9.17, 15) is 9.59 Å². The first-order valence-electron chi connectivity index (χ1n) is 6.56. The molecule has 0 saturated carbocycles. The molecule has 0 spiro atoms. The summed E-state index contributed by atoms with van der Waals surface area (Å²) < 4.78 is 0. The lowest BCUT2D eigenvalue weighted by molar-refractivity contribution is -0.114. The molecule has 0 radical (unpaired) electrons. The van der Waals surface area contributed by atoms with Crippen molar-refractivity contribution in [3.05, 3.63) is 59.7 Å². The van der Waals surface area contributed by atoms with Gasteiger partial charge in [0.15, 0.2) is 0 Å². The summed E-state index contributed by atoms with van der Waals surface area (Å²) in [5, 5.41) is 5.70. The standard InChI is InChI=1S/C16H17N3O2/c1-11-6-5-9-13(15(11)16(17)21)18-10-14(20)19-12-7-3-2-4-8-12/h2-9,18H,10H2,1H3,(H2,17,21)(H,19,20). The monoisotopic (exact) mass is 283 g/mol. The number of benzene rings is 2. The predicted molar refractivity (Wildman–Crippen MR) is 83.3 cm³/mol. The van der Waals surface area contributed by atoms with E-state index in [1.807, 2.05) is 18.2 Å². The van der Waals surface area contributed by atoms with Crippen molar-refractivity contribution >= 4 is 23.2 Å². The third-order valence-corrected chi connectivity index (χ3v) is 3.02. The molecular weight excluding hydrogens is 266 g/mol. The molecule has 0 aromatic heterocycles. The topological polar surface area (TPSA) is 84.2 Å². The van der Waals surface area contributed by atoms with Gasteiger partial charge in [0, 0.05) is 11.4 Å². The number of hydrogen-bond acceptors (Lipinski definition) is 3. The molecule has 0 heterocycles. The number of amides is 2. The van der Waals surface area contributed by atoms with Gasteiger partial charge >= 0.3 is 0 Å². The molecule has 0 aliphatic carbocycles. The van der Waals surface area contributed by atoms with Crippen molar-refractivity contribution in [2.45, 2.75) is 6.92 Å². The second-order valence-electron chi connectivity index (χ2n) is 4.63. The zero-order chi connectivity index (χ0) is 15.2. The highest BCUT2D eigenvalue weighted by Crippen LogP contribution is 2.18. The molecule has 0 aliphatic rings. The number of rotatable bonds is 5. The normalized spacial score (nSPS) is 9.95. The highest BCUT2D eigenvalue weighted by molar-refractivity contribution is 6.01. The van der Waals surface area contributed by atoms with E-state index in [0.29, 0.717) is 11.3 Å². The Morgan fingerprint density at radius 3 is 2.43 bits per heavy atom. The Balaban J connectivity index is 2.02. The van der Waals surface area contributed by atoms with E-state index in [1.54, 1.807) is 37.3 Å². The Kier molecular flexibility index (Phi) is 4.56. The second kappa shape index (κ2) is 6.56. The van der Waals surface area contributed by atoms with Gasteiger partial charge in [0.05, 0.1) is 12.1 Å². The maximum Gasteiger partial charge on any atom is 0.251 e. The molecule has 5 heteroatoms. The summed E-state index contributed by atoms with van der Waals surface area (Å²) in [6, 6.07) is 14.5. The fraction of sp³-hybridized carbons (Fsp3) is 0.125. The molecule has 0 bridgehead atoms. The van der Waals surface area contributed by atoms with Crippen molar-refractivity contribution in [1.29, 1.82) is 0 Å². The largest absolute Gasteiger partial charge is 0.375 e. The predicted octanol–water partition coefficient (Wildman–Crippen LogP) is 2.14. The van der Waals surface area contributed by atoms with E-state index < -0.39 is 5.91 Å². The van der Waals surface area contributed by atoms with E-state index in [0.717, 1.165) is 11.3 Å². The molecule has 0 unspecified atom stereocenters. The van der Waals surface area contributed by atoms with Crippen molar-refractivity contribution < 1.29 is 9.59 Å². The summed E-state index contributed by atoms with van der Waals surface area (Å²) in [5.74, 6) is -0.711. The summed E-state index contributed by atoms with van der Waals surface area (Å²) >= 11 is 0. The molecule has 108 valence electrons. The van der Waals surface area contributed by atoms with Crippen LogP contribution in [0, 0.1) is 6.92 Å². The van der Waals surface area contributed by atoms with Crippen molar-refractivity contribution in [2.75, 3.05) is 17.2 Å². The fourth-order valence-corrected chi connectivity index (χ4v) is 2.04. The number of carbonyl (C=O) groups excluding carboxylic acids is 2. The Hall–Kier alpha value is -2.82. The number of anilines is 2. The quantitative estimate of drug-likeness (QED) is 0.786. The zero-order valence-electron chi connectivity index (χ0n) is 11.7. The lowest BCUT2D eigenvalue weighted by Crippen LogP contribution is -2.23. The molecule has 0 fully saturated rings. The van der Waals surface area contributed by atoms with Crippen LogP contribution in [0.1, 0.15) is 15.9 Å². The van der Waals surface area contributed by atoms with Crippen LogP contribution in [0.3, 0.4) is 0 Å². The summed E-state index contributed by atoms with van der Waals surface area (Å²) in [6.07, 6.45) is 0. The average Bonchev–Trinajstić information content (AvgIpc) is 2.45. The highest BCUT2D eigenvalue weighted by atomic mass is 16.2. The van der Waals surface area contributed by atoms with Gasteiger partial charge in [0.1, 0.15) is 0 Å². The number of aryl methyl sites for hydroxylation is 1. The van der Waals surface area contributed by atoms with Gasteiger partial charge in [0.25, 0.3) is 5.91 Å². The van der Waals surface area contributed by atoms with Gasteiger partial charge in [-0.05, 0) is 30.7 Å². The van der Waals surface area contributed by atoms with E-state index in [4.69, 9.17) is 5.73 Å². The Bertz CT molecular complexity index is 654. The summed E-state index contributed by atoms with van der Waals surface area (Å²) in [4.78, 5) is 23.3. The van der Waals surface area contributed by atoms with Crippen molar-refractivity contribution in [3.63, 3.8) is 0 Å². The molecule has 2 aromatic rings. The van der Waals surface area contributed by atoms with Crippen molar-refractivity contribution in [2.24, 2.45) is 5.73 Å². The van der Waals surface area contributed by atoms with Crippen LogP contribution in [0.5, 0.6) is 0 Å². The minimum atomic E-state index is -0.515. The van der Waals surface area contributed by atoms with Crippen LogP contribution in [0.15, 0.2) is 48.5 Å². The number of nitrogens with one attached hydrogen (secondary N) is 2. The summed E-state index contributed by atoms with van der Waals surface area (Å²) in [7, 11) is 0. The molecule has 0 saturated heterocycles. The summed E-state index contributed by atoms with van der Waals surface area (Å²) in [6.45, 7) is 1.86. The Morgan fingerprint density at radius 1 is 1.05 bits per heavy atom. The molecule has 0 aliphatic heterocycles. The Labute approximate surface area is 123 Å². The molecular formula is C16H17N3O2. The van der Waals surface area contributed by atoms with Crippen LogP contribution in [0.4, 0.5) is 11.4 Å². The molecule has 2 amide bonds. The molecule has 2 rings (SSSR count). The van der Waals surface area contributed by atoms with Gasteiger partial charge in [-0.15, -0.1) is 0 Å².